The minimum Gasteiger partial charge on any atom is -0.462 e. The quantitative estimate of drug-likeness (QED) is 0.790. The number of thioether (sulfide) groups is 1. The summed E-state index contributed by atoms with van der Waals surface area (Å²) in [6.07, 6.45) is 1.17. The van der Waals surface area contributed by atoms with Crippen LogP contribution in [0.5, 0.6) is 0 Å². The van der Waals surface area contributed by atoms with Crippen molar-refractivity contribution in [3.05, 3.63) is 20.3 Å². The summed E-state index contributed by atoms with van der Waals surface area (Å²) in [4.78, 5) is 12.6. The molecule has 0 saturated carbocycles. The lowest BCUT2D eigenvalue weighted by atomic mass is 9.99. The molecule has 1 aliphatic heterocycles. The molecule has 1 fully saturated rings. The summed E-state index contributed by atoms with van der Waals surface area (Å²) in [5.74, 6) is 2.66. The molecule has 2 heterocycles. The van der Waals surface area contributed by atoms with Crippen molar-refractivity contribution < 1.29 is 9.53 Å². The highest BCUT2D eigenvalue weighted by atomic mass is 79.9. The highest BCUT2D eigenvalue weighted by Gasteiger charge is 2.25. The molecule has 0 N–H and O–H groups in total. The van der Waals surface area contributed by atoms with E-state index in [1.54, 1.807) is 0 Å². The summed E-state index contributed by atoms with van der Waals surface area (Å²) in [6.45, 7) is 2.28. The number of halogens is 1. The Bertz CT molecular complexity index is 383. The van der Waals surface area contributed by atoms with Crippen molar-refractivity contribution in [2.24, 2.45) is 0 Å². The molecule has 88 valence electrons. The Morgan fingerprint density at radius 2 is 2.50 bits per heavy atom. The van der Waals surface area contributed by atoms with Crippen LogP contribution in [-0.2, 0) is 4.74 Å². The van der Waals surface area contributed by atoms with E-state index in [1.165, 1.54) is 29.1 Å². The molecular weight excluding hydrogens is 308 g/mol. The molecule has 0 aromatic carbocycles. The van der Waals surface area contributed by atoms with Gasteiger partial charge in [0.2, 0.25) is 0 Å². The number of hydrogen-bond donors (Lipinski definition) is 0. The third-order valence-corrected chi connectivity index (χ3v) is 5.36. The van der Waals surface area contributed by atoms with Crippen LogP contribution in [0.15, 0.2) is 9.85 Å². The normalized spacial score (nSPS) is 20.0. The minimum absolute atomic E-state index is 0.176. The van der Waals surface area contributed by atoms with Crippen molar-refractivity contribution in [1.29, 1.82) is 0 Å². The Kier molecular flexibility index (Phi) is 4.33. The van der Waals surface area contributed by atoms with Crippen molar-refractivity contribution in [3.63, 3.8) is 0 Å². The smallest absolute Gasteiger partial charge is 0.348 e. The topological polar surface area (TPSA) is 26.3 Å². The molecule has 0 spiro atoms. The van der Waals surface area contributed by atoms with Gasteiger partial charge in [-0.15, -0.1) is 11.3 Å². The van der Waals surface area contributed by atoms with E-state index >= 15 is 0 Å². The van der Waals surface area contributed by atoms with E-state index in [0.29, 0.717) is 12.5 Å². The maximum absolute atomic E-state index is 11.8. The standard InChI is InChI=1S/C11H13BrO2S2/c1-2-14-11(13)10-8(5-9(12)16-10)7-3-4-15-6-7/h5,7H,2-4,6H2,1H3. The van der Waals surface area contributed by atoms with Gasteiger partial charge in [0.15, 0.2) is 0 Å². The van der Waals surface area contributed by atoms with Crippen molar-refractivity contribution in [3.8, 4) is 0 Å². The first-order chi connectivity index (χ1) is 7.72. The molecule has 1 aromatic rings. The number of carbonyl (C=O) groups excluding carboxylic acids is 1. The molecule has 5 heteroatoms. The molecule has 0 amide bonds. The van der Waals surface area contributed by atoms with Crippen molar-refractivity contribution in [2.45, 2.75) is 19.3 Å². The maximum Gasteiger partial charge on any atom is 0.348 e. The van der Waals surface area contributed by atoms with Crippen LogP contribution < -0.4 is 0 Å². The summed E-state index contributed by atoms with van der Waals surface area (Å²) in [6, 6.07) is 2.08. The van der Waals surface area contributed by atoms with E-state index in [2.05, 4.69) is 22.0 Å². The Morgan fingerprint density at radius 1 is 1.69 bits per heavy atom. The first-order valence-corrected chi connectivity index (χ1v) is 8.03. The average molecular weight is 321 g/mol. The first-order valence-electron chi connectivity index (χ1n) is 5.26. The number of thiophene rings is 1. The summed E-state index contributed by atoms with van der Waals surface area (Å²) in [7, 11) is 0. The third-order valence-electron chi connectivity index (χ3n) is 2.56. The third kappa shape index (κ3) is 2.63. The monoisotopic (exact) mass is 320 g/mol. The van der Waals surface area contributed by atoms with Gasteiger partial charge < -0.3 is 4.74 Å². The molecule has 0 bridgehead atoms. The second-order valence-corrected chi connectivity index (χ2v) is 7.20. The molecule has 0 radical (unpaired) electrons. The summed E-state index contributed by atoms with van der Waals surface area (Å²) >= 11 is 6.89. The summed E-state index contributed by atoms with van der Waals surface area (Å²) < 4.78 is 6.10. The van der Waals surface area contributed by atoms with E-state index in [0.717, 1.165) is 14.4 Å². The molecule has 1 aliphatic rings. The van der Waals surface area contributed by atoms with Gasteiger partial charge in [0, 0.05) is 5.75 Å². The molecule has 2 nitrogen and oxygen atoms in total. The lowest BCUT2D eigenvalue weighted by molar-refractivity contribution is 0.0530. The zero-order valence-corrected chi connectivity index (χ0v) is 12.2. The van der Waals surface area contributed by atoms with Crippen LogP contribution in [-0.4, -0.2) is 24.1 Å². The van der Waals surface area contributed by atoms with E-state index in [-0.39, 0.29) is 5.97 Å². The van der Waals surface area contributed by atoms with Crippen LogP contribution >= 0.6 is 39.0 Å². The van der Waals surface area contributed by atoms with Crippen LogP contribution in [0.1, 0.15) is 34.5 Å². The SMILES string of the molecule is CCOC(=O)c1sc(Br)cc1C1CCSC1. The molecule has 0 aliphatic carbocycles. The Morgan fingerprint density at radius 3 is 3.12 bits per heavy atom. The van der Waals surface area contributed by atoms with Gasteiger partial charge in [-0.05, 0) is 52.6 Å². The highest BCUT2D eigenvalue weighted by Crippen LogP contribution is 2.39. The van der Waals surface area contributed by atoms with Crippen molar-refractivity contribution in [2.75, 3.05) is 18.1 Å². The predicted molar refractivity (Wildman–Crippen MR) is 72.7 cm³/mol. The number of carbonyl (C=O) groups is 1. The molecule has 1 saturated heterocycles. The molecule has 1 atom stereocenters. The minimum atomic E-state index is -0.176. The van der Waals surface area contributed by atoms with Gasteiger partial charge in [0.05, 0.1) is 10.4 Å². The summed E-state index contributed by atoms with van der Waals surface area (Å²) in [5.41, 5.74) is 1.17. The van der Waals surface area contributed by atoms with Crippen LogP contribution in [0, 0.1) is 0 Å². The van der Waals surface area contributed by atoms with Crippen LogP contribution in [0.2, 0.25) is 0 Å². The van der Waals surface area contributed by atoms with E-state index in [1.807, 2.05) is 18.7 Å². The predicted octanol–water partition coefficient (Wildman–Crippen LogP) is 3.91. The van der Waals surface area contributed by atoms with Gasteiger partial charge in [-0.25, -0.2) is 4.79 Å². The second kappa shape index (κ2) is 5.56. The lowest BCUT2D eigenvalue weighted by Crippen LogP contribution is -2.07. The first kappa shape index (κ1) is 12.5. The van der Waals surface area contributed by atoms with Gasteiger partial charge >= 0.3 is 5.97 Å². The van der Waals surface area contributed by atoms with Crippen molar-refractivity contribution in [1.82, 2.24) is 0 Å². The van der Waals surface area contributed by atoms with Crippen LogP contribution in [0.3, 0.4) is 0 Å². The molecule has 1 aromatic heterocycles. The number of ether oxygens (including phenoxy) is 1. The fourth-order valence-electron chi connectivity index (χ4n) is 1.81. The largest absolute Gasteiger partial charge is 0.462 e. The Hall–Kier alpha value is -0.000000000000000111. The van der Waals surface area contributed by atoms with Crippen molar-refractivity contribution >= 4 is 45.0 Å². The zero-order chi connectivity index (χ0) is 11.5. The van der Waals surface area contributed by atoms with Gasteiger partial charge in [-0.2, -0.15) is 11.8 Å². The lowest BCUT2D eigenvalue weighted by Gasteiger charge is -2.08. The molecule has 16 heavy (non-hydrogen) atoms. The van der Waals surface area contributed by atoms with Gasteiger partial charge in [0.1, 0.15) is 4.88 Å². The van der Waals surface area contributed by atoms with Gasteiger partial charge in [0.25, 0.3) is 0 Å². The fraction of sp³-hybridized carbons (Fsp3) is 0.545. The number of esters is 1. The van der Waals surface area contributed by atoms with E-state index in [9.17, 15) is 4.79 Å². The van der Waals surface area contributed by atoms with E-state index < -0.39 is 0 Å². The van der Waals surface area contributed by atoms with E-state index in [4.69, 9.17) is 4.74 Å². The fourth-order valence-corrected chi connectivity index (χ4v) is 4.66. The highest BCUT2D eigenvalue weighted by molar-refractivity contribution is 9.11. The van der Waals surface area contributed by atoms with Crippen LogP contribution in [0.25, 0.3) is 0 Å². The maximum atomic E-state index is 11.8. The number of rotatable bonds is 3. The molecule has 2 rings (SSSR count). The second-order valence-electron chi connectivity index (χ2n) is 3.62. The average Bonchev–Trinajstić information content (AvgIpc) is 2.85. The Balaban J connectivity index is 2.25. The molecular formula is C11H13BrO2S2. The van der Waals surface area contributed by atoms with Crippen LogP contribution in [0.4, 0.5) is 0 Å². The van der Waals surface area contributed by atoms with Gasteiger partial charge in [-0.1, -0.05) is 0 Å². The Labute approximate surface area is 112 Å². The zero-order valence-electron chi connectivity index (χ0n) is 8.99. The molecule has 1 unspecified atom stereocenters. The number of hydrogen-bond acceptors (Lipinski definition) is 4. The summed E-state index contributed by atoms with van der Waals surface area (Å²) in [5, 5.41) is 0. The van der Waals surface area contributed by atoms with Gasteiger partial charge in [-0.3, -0.25) is 0 Å².